The summed E-state index contributed by atoms with van der Waals surface area (Å²) in [7, 11) is 0. The molecule has 1 N–H and O–H groups in total. The normalized spacial score (nSPS) is 12.4. The van der Waals surface area contributed by atoms with Gasteiger partial charge >= 0.3 is 5.97 Å². The van der Waals surface area contributed by atoms with E-state index in [9.17, 15) is 9.90 Å². The van der Waals surface area contributed by atoms with E-state index in [1.165, 1.54) is 0 Å². The zero-order chi connectivity index (χ0) is 11.3. The lowest BCUT2D eigenvalue weighted by Crippen LogP contribution is -2.26. The van der Waals surface area contributed by atoms with Crippen molar-refractivity contribution in [2.24, 2.45) is 0 Å². The van der Waals surface area contributed by atoms with Crippen LogP contribution in [0.15, 0.2) is 24.3 Å². The highest BCUT2D eigenvalue weighted by Crippen LogP contribution is 2.12. The van der Waals surface area contributed by atoms with Crippen molar-refractivity contribution in [3.05, 3.63) is 24.3 Å². The van der Waals surface area contributed by atoms with Crippen molar-refractivity contribution in [3.8, 4) is 0 Å². The molecule has 0 aliphatic carbocycles. The zero-order valence-corrected chi connectivity index (χ0v) is 9.04. The Labute approximate surface area is 85.1 Å². The van der Waals surface area contributed by atoms with Gasteiger partial charge in [0.05, 0.1) is 6.10 Å². The van der Waals surface area contributed by atoms with Crippen LogP contribution >= 0.6 is 0 Å². The Morgan fingerprint density at radius 3 is 2.29 bits per heavy atom. The number of hydrogen-bond acceptors (Lipinski definition) is 3. The molecule has 0 saturated heterocycles. The van der Waals surface area contributed by atoms with Crippen LogP contribution in [-0.4, -0.2) is 23.3 Å². The highest BCUT2D eigenvalue weighted by atomic mass is 16.6. The number of aliphatic hydroxyl groups excluding tert-OH is 1. The number of allylic oxidation sites excluding steroid dienone is 1. The van der Waals surface area contributed by atoms with E-state index in [2.05, 4.69) is 13.2 Å². The third kappa shape index (κ3) is 4.82. The smallest absolute Gasteiger partial charge is 0.335 e. The summed E-state index contributed by atoms with van der Waals surface area (Å²) in [5, 5.41) is 9.41. The topological polar surface area (TPSA) is 46.5 Å². The van der Waals surface area contributed by atoms with Crippen LogP contribution in [0.1, 0.15) is 27.2 Å². The highest BCUT2D eigenvalue weighted by Gasteiger charge is 2.18. The van der Waals surface area contributed by atoms with Crippen molar-refractivity contribution in [1.29, 1.82) is 0 Å². The molecule has 0 aliphatic heterocycles. The molecule has 0 heterocycles. The van der Waals surface area contributed by atoms with Gasteiger partial charge in [-0.3, -0.25) is 0 Å². The van der Waals surface area contributed by atoms with Crippen molar-refractivity contribution in [3.63, 3.8) is 0 Å². The first-order valence-corrected chi connectivity index (χ1v) is 4.56. The van der Waals surface area contributed by atoms with Crippen LogP contribution in [-0.2, 0) is 9.53 Å². The predicted molar refractivity (Wildman–Crippen MR) is 55.8 cm³/mol. The molecule has 0 aromatic heterocycles. The van der Waals surface area contributed by atoms with Crippen LogP contribution in [0.25, 0.3) is 0 Å². The summed E-state index contributed by atoms with van der Waals surface area (Å²) in [5.41, 5.74) is 1.43. The van der Waals surface area contributed by atoms with Crippen molar-refractivity contribution in [2.75, 3.05) is 0 Å². The monoisotopic (exact) mass is 198 g/mol. The zero-order valence-electron chi connectivity index (χ0n) is 9.04. The van der Waals surface area contributed by atoms with Gasteiger partial charge in [0.25, 0.3) is 0 Å². The van der Waals surface area contributed by atoms with Crippen LogP contribution in [0.4, 0.5) is 0 Å². The maximum Gasteiger partial charge on any atom is 0.335 e. The van der Waals surface area contributed by atoms with Crippen molar-refractivity contribution >= 4 is 5.97 Å². The molecule has 80 valence electrons. The summed E-state index contributed by atoms with van der Waals surface area (Å²) in [5.74, 6) is -0.609. The van der Waals surface area contributed by atoms with E-state index in [1.807, 2.05) is 0 Å². The molecule has 3 nitrogen and oxygen atoms in total. The molecule has 0 rings (SSSR count). The number of carbonyl (C=O) groups excluding carboxylic acids is 1. The lowest BCUT2D eigenvalue weighted by atomic mass is 10.0. The van der Waals surface area contributed by atoms with Gasteiger partial charge in [-0.05, 0) is 26.3 Å². The first kappa shape index (κ1) is 12.9. The minimum absolute atomic E-state index is 0.181. The highest BCUT2D eigenvalue weighted by molar-refractivity contribution is 5.75. The Bertz CT molecular complexity index is 241. The molecule has 0 bridgehead atoms. The SMILES string of the molecule is C=C(C)C(=C)CC(O)C(=O)OC(C)C. The molecule has 0 aliphatic rings. The fraction of sp³-hybridized carbons (Fsp3) is 0.545. The Balaban J connectivity index is 4.08. The van der Waals surface area contributed by atoms with Gasteiger partial charge in [0.2, 0.25) is 0 Å². The van der Waals surface area contributed by atoms with Gasteiger partial charge < -0.3 is 9.84 Å². The van der Waals surface area contributed by atoms with Gasteiger partial charge in [-0.1, -0.05) is 18.7 Å². The van der Waals surface area contributed by atoms with Gasteiger partial charge in [0.15, 0.2) is 6.10 Å². The average Bonchev–Trinajstić information content (AvgIpc) is 2.02. The second-order valence-corrected chi connectivity index (χ2v) is 3.59. The molecule has 0 fully saturated rings. The third-order valence-electron chi connectivity index (χ3n) is 1.67. The molecule has 0 radical (unpaired) electrons. The molecule has 0 amide bonds. The molecule has 3 heteroatoms. The molecular weight excluding hydrogens is 180 g/mol. The van der Waals surface area contributed by atoms with Crippen molar-refractivity contribution < 1.29 is 14.6 Å². The summed E-state index contributed by atoms with van der Waals surface area (Å²) >= 11 is 0. The van der Waals surface area contributed by atoms with E-state index >= 15 is 0 Å². The van der Waals surface area contributed by atoms with Crippen LogP contribution in [0.3, 0.4) is 0 Å². The number of aliphatic hydroxyl groups is 1. The predicted octanol–water partition coefficient (Wildman–Crippen LogP) is 1.82. The fourth-order valence-electron chi connectivity index (χ4n) is 0.802. The van der Waals surface area contributed by atoms with E-state index in [4.69, 9.17) is 4.74 Å². The van der Waals surface area contributed by atoms with Gasteiger partial charge in [0.1, 0.15) is 0 Å². The molecule has 0 aromatic carbocycles. The number of hydrogen-bond donors (Lipinski definition) is 1. The summed E-state index contributed by atoms with van der Waals surface area (Å²) in [6.45, 7) is 12.6. The standard InChI is InChI=1S/C11H18O3/c1-7(2)9(5)6-10(12)11(13)14-8(3)4/h8,10,12H,1,5-6H2,2-4H3. The number of esters is 1. The minimum atomic E-state index is -1.14. The molecule has 14 heavy (non-hydrogen) atoms. The maximum atomic E-state index is 11.2. The van der Waals surface area contributed by atoms with Crippen molar-refractivity contribution in [1.82, 2.24) is 0 Å². The molecular formula is C11H18O3. The third-order valence-corrected chi connectivity index (χ3v) is 1.67. The van der Waals surface area contributed by atoms with Gasteiger partial charge in [-0.25, -0.2) is 4.79 Å². The minimum Gasteiger partial charge on any atom is -0.461 e. The lowest BCUT2D eigenvalue weighted by molar-refractivity contribution is -0.157. The van der Waals surface area contributed by atoms with Crippen LogP contribution in [0, 0.1) is 0 Å². The Kier molecular flexibility index (Phi) is 5.16. The summed E-state index contributed by atoms with van der Waals surface area (Å²) in [6.07, 6.45) is -1.17. The van der Waals surface area contributed by atoms with E-state index < -0.39 is 12.1 Å². The first-order chi connectivity index (χ1) is 6.34. The largest absolute Gasteiger partial charge is 0.461 e. The second kappa shape index (κ2) is 5.60. The summed E-state index contributed by atoms with van der Waals surface area (Å²) < 4.78 is 4.83. The van der Waals surface area contributed by atoms with Gasteiger partial charge in [-0.2, -0.15) is 0 Å². The number of carbonyl (C=O) groups is 1. The number of ether oxygens (including phenoxy) is 1. The molecule has 0 spiro atoms. The molecule has 1 unspecified atom stereocenters. The van der Waals surface area contributed by atoms with Crippen LogP contribution in [0.5, 0.6) is 0 Å². The Morgan fingerprint density at radius 2 is 1.93 bits per heavy atom. The van der Waals surface area contributed by atoms with Gasteiger partial charge in [0, 0.05) is 6.42 Å². The quantitative estimate of drug-likeness (QED) is 0.541. The van der Waals surface area contributed by atoms with E-state index in [0.29, 0.717) is 5.57 Å². The van der Waals surface area contributed by atoms with E-state index in [0.717, 1.165) is 5.57 Å². The second-order valence-electron chi connectivity index (χ2n) is 3.59. The average molecular weight is 198 g/mol. The van der Waals surface area contributed by atoms with Crippen molar-refractivity contribution in [2.45, 2.75) is 39.4 Å². The van der Waals surface area contributed by atoms with Crippen LogP contribution in [0.2, 0.25) is 0 Å². The van der Waals surface area contributed by atoms with E-state index in [1.54, 1.807) is 20.8 Å². The lowest BCUT2D eigenvalue weighted by Gasteiger charge is -2.14. The maximum absolute atomic E-state index is 11.2. The number of rotatable bonds is 5. The Hall–Kier alpha value is -1.09. The summed E-state index contributed by atoms with van der Waals surface area (Å²) in [4.78, 5) is 11.2. The summed E-state index contributed by atoms with van der Waals surface area (Å²) in [6, 6.07) is 0. The molecule has 0 saturated carbocycles. The van der Waals surface area contributed by atoms with Gasteiger partial charge in [-0.15, -0.1) is 0 Å². The first-order valence-electron chi connectivity index (χ1n) is 4.56. The molecule has 1 atom stereocenters. The Morgan fingerprint density at radius 1 is 1.43 bits per heavy atom. The fourth-order valence-corrected chi connectivity index (χ4v) is 0.802. The molecule has 0 aromatic rings. The van der Waals surface area contributed by atoms with E-state index in [-0.39, 0.29) is 12.5 Å². The van der Waals surface area contributed by atoms with Crippen LogP contribution < -0.4 is 0 Å².